The van der Waals surface area contributed by atoms with Crippen molar-refractivity contribution in [3.63, 3.8) is 0 Å². The first kappa shape index (κ1) is 22.0. The quantitative estimate of drug-likeness (QED) is 0.664. The average molecular weight is 433 g/mol. The van der Waals surface area contributed by atoms with E-state index in [9.17, 15) is 19.1 Å². The third-order valence-corrected chi connectivity index (χ3v) is 7.33. The van der Waals surface area contributed by atoms with Crippen LogP contribution in [-0.4, -0.2) is 60.8 Å². The molecule has 8 heteroatoms. The number of hydrogen-bond donors (Lipinski definition) is 3. The van der Waals surface area contributed by atoms with Crippen LogP contribution in [-0.2, 0) is 4.79 Å². The molecular weight excluding hydrogens is 399 g/mol. The molecule has 3 aliphatic rings. The van der Waals surface area contributed by atoms with Crippen molar-refractivity contribution in [3.05, 3.63) is 23.5 Å². The number of amides is 1. The first-order chi connectivity index (χ1) is 14.8. The number of benzene rings is 1. The lowest BCUT2D eigenvalue weighted by molar-refractivity contribution is -0.131. The molecule has 2 fully saturated rings. The van der Waals surface area contributed by atoms with Crippen LogP contribution in [0.5, 0.6) is 0 Å². The molecule has 1 unspecified atom stereocenters. The molecule has 0 aromatic heterocycles. The summed E-state index contributed by atoms with van der Waals surface area (Å²) in [6, 6.07) is 2.81. The Bertz CT molecular complexity index is 847. The summed E-state index contributed by atoms with van der Waals surface area (Å²) in [5.41, 5.74) is 0.896. The van der Waals surface area contributed by atoms with Crippen LogP contribution in [0.3, 0.4) is 0 Å². The van der Waals surface area contributed by atoms with Gasteiger partial charge in [-0.05, 0) is 31.7 Å². The molecule has 3 N–H and O–H groups in total. The number of hydrogen-bond acceptors (Lipinski definition) is 6. The molecule has 0 spiro atoms. The van der Waals surface area contributed by atoms with Gasteiger partial charge < -0.3 is 20.6 Å². The van der Waals surface area contributed by atoms with Gasteiger partial charge in [-0.3, -0.25) is 14.5 Å². The SMILES string of the molecule is CNC(=O)c1cc2c(cc1F)N(C1CCN(CC(=O)C3(C)CCCCC3)CC1)C(O)N2. The molecule has 0 bridgehead atoms. The number of ketones is 1. The van der Waals surface area contributed by atoms with Crippen molar-refractivity contribution in [3.8, 4) is 0 Å². The number of nitrogens with zero attached hydrogens (tertiary/aromatic N) is 2. The Morgan fingerprint density at radius 2 is 1.90 bits per heavy atom. The van der Waals surface area contributed by atoms with E-state index in [0.29, 0.717) is 23.7 Å². The number of nitrogens with one attached hydrogen (secondary N) is 2. The summed E-state index contributed by atoms with van der Waals surface area (Å²) < 4.78 is 14.5. The van der Waals surface area contributed by atoms with Crippen molar-refractivity contribution >= 4 is 23.1 Å². The van der Waals surface area contributed by atoms with Crippen molar-refractivity contribution in [2.75, 3.05) is 36.9 Å². The summed E-state index contributed by atoms with van der Waals surface area (Å²) >= 11 is 0. The maximum atomic E-state index is 14.5. The van der Waals surface area contributed by atoms with Gasteiger partial charge in [0.2, 0.25) is 6.35 Å². The topological polar surface area (TPSA) is 84.9 Å². The van der Waals surface area contributed by atoms with Crippen LogP contribution in [0.15, 0.2) is 12.1 Å². The number of rotatable bonds is 5. The summed E-state index contributed by atoms with van der Waals surface area (Å²) in [6.45, 7) is 4.14. The second-order valence-electron chi connectivity index (χ2n) is 9.41. The predicted octanol–water partition coefficient (Wildman–Crippen LogP) is 2.70. The summed E-state index contributed by atoms with van der Waals surface area (Å²) in [7, 11) is 1.46. The van der Waals surface area contributed by atoms with E-state index in [4.69, 9.17) is 0 Å². The van der Waals surface area contributed by atoms with Gasteiger partial charge in [0.05, 0.1) is 23.5 Å². The highest BCUT2D eigenvalue weighted by atomic mass is 19.1. The molecule has 7 nitrogen and oxygen atoms in total. The van der Waals surface area contributed by atoms with E-state index in [-0.39, 0.29) is 17.0 Å². The number of carbonyl (C=O) groups excluding carboxylic acids is 2. The van der Waals surface area contributed by atoms with Gasteiger partial charge in [-0.1, -0.05) is 26.2 Å². The third kappa shape index (κ3) is 4.28. The van der Waals surface area contributed by atoms with E-state index in [1.807, 2.05) is 0 Å². The van der Waals surface area contributed by atoms with Crippen molar-refractivity contribution in [1.82, 2.24) is 10.2 Å². The van der Waals surface area contributed by atoms with Gasteiger partial charge in [-0.25, -0.2) is 4.39 Å². The molecule has 4 rings (SSSR count). The maximum absolute atomic E-state index is 14.5. The number of halogens is 1. The molecule has 2 aliphatic heterocycles. The fourth-order valence-electron chi connectivity index (χ4n) is 5.30. The molecular formula is C23H33FN4O3. The van der Waals surface area contributed by atoms with Crippen molar-refractivity contribution < 1.29 is 19.1 Å². The van der Waals surface area contributed by atoms with E-state index in [2.05, 4.69) is 22.5 Å². The standard InChI is InChI=1S/C23H33FN4O3/c1-23(8-4-3-5-9-23)20(29)14-27-10-6-15(7-11-27)28-19-13-17(24)16(21(30)25-2)12-18(19)26-22(28)31/h12-13,15,22,26,31H,3-11,14H2,1-2H3,(H,25,30). The number of Topliss-reactive ketones (excluding diaryl/α,β-unsaturated/α-hetero) is 1. The smallest absolute Gasteiger partial charge is 0.254 e. The van der Waals surface area contributed by atoms with Gasteiger partial charge in [0.15, 0.2) is 5.78 Å². The van der Waals surface area contributed by atoms with E-state index in [1.54, 1.807) is 4.90 Å². The van der Waals surface area contributed by atoms with E-state index in [1.165, 1.54) is 25.6 Å². The maximum Gasteiger partial charge on any atom is 0.254 e. The lowest BCUT2D eigenvalue weighted by Crippen LogP contribution is -2.50. The highest BCUT2D eigenvalue weighted by Gasteiger charge is 2.38. The number of fused-ring (bicyclic) bond motifs is 1. The minimum atomic E-state index is -0.964. The highest BCUT2D eigenvalue weighted by Crippen LogP contribution is 2.40. The summed E-state index contributed by atoms with van der Waals surface area (Å²) in [6.07, 6.45) is 6.09. The first-order valence-electron chi connectivity index (χ1n) is 11.4. The van der Waals surface area contributed by atoms with Gasteiger partial charge in [-0.2, -0.15) is 0 Å². The molecule has 170 valence electrons. The number of aliphatic hydroxyl groups excluding tert-OH is 1. The van der Waals surface area contributed by atoms with Crippen LogP contribution in [0.1, 0.15) is 62.2 Å². The Morgan fingerprint density at radius 1 is 1.23 bits per heavy atom. The third-order valence-electron chi connectivity index (χ3n) is 7.33. The van der Waals surface area contributed by atoms with E-state index in [0.717, 1.165) is 51.6 Å². The van der Waals surface area contributed by atoms with E-state index >= 15 is 0 Å². The summed E-state index contributed by atoms with van der Waals surface area (Å²) in [5, 5.41) is 16.0. The second kappa shape index (κ2) is 8.74. The molecule has 0 radical (unpaired) electrons. The second-order valence-corrected chi connectivity index (χ2v) is 9.41. The fourth-order valence-corrected chi connectivity index (χ4v) is 5.30. The lowest BCUT2D eigenvalue weighted by atomic mass is 9.72. The fraction of sp³-hybridized carbons (Fsp3) is 0.652. The Balaban J connectivity index is 1.40. The molecule has 1 amide bonds. The Labute approximate surface area is 183 Å². The zero-order valence-electron chi connectivity index (χ0n) is 18.4. The molecule has 31 heavy (non-hydrogen) atoms. The minimum absolute atomic E-state index is 0.0330. The van der Waals surface area contributed by atoms with Crippen molar-refractivity contribution in [1.29, 1.82) is 0 Å². The zero-order valence-corrected chi connectivity index (χ0v) is 18.4. The predicted molar refractivity (Wildman–Crippen MR) is 118 cm³/mol. The summed E-state index contributed by atoms with van der Waals surface area (Å²) in [4.78, 5) is 28.8. The molecule has 1 saturated carbocycles. The molecule has 1 saturated heterocycles. The van der Waals surface area contributed by atoms with Crippen molar-refractivity contribution in [2.45, 2.75) is 64.3 Å². The van der Waals surface area contributed by atoms with Crippen LogP contribution < -0.4 is 15.5 Å². The normalized spacial score (nSPS) is 23.9. The number of anilines is 2. The van der Waals surface area contributed by atoms with Crippen LogP contribution in [0.4, 0.5) is 15.8 Å². The van der Waals surface area contributed by atoms with Crippen LogP contribution in [0.25, 0.3) is 0 Å². The average Bonchev–Trinajstić information content (AvgIpc) is 3.08. The highest BCUT2D eigenvalue weighted by molar-refractivity contribution is 5.97. The largest absolute Gasteiger partial charge is 0.356 e. The molecule has 1 aromatic rings. The molecule has 1 aromatic carbocycles. The van der Waals surface area contributed by atoms with Crippen LogP contribution >= 0.6 is 0 Å². The van der Waals surface area contributed by atoms with Gasteiger partial charge in [0, 0.05) is 37.7 Å². The van der Waals surface area contributed by atoms with Crippen molar-refractivity contribution in [2.24, 2.45) is 5.41 Å². The van der Waals surface area contributed by atoms with Gasteiger partial charge in [-0.15, -0.1) is 0 Å². The van der Waals surface area contributed by atoms with Gasteiger partial charge in [0.25, 0.3) is 5.91 Å². The van der Waals surface area contributed by atoms with Crippen LogP contribution in [0, 0.1) is 11.2 Å². The number of piperidine rings is 1. The number of carbonyl (C=O) groups is 2. The number of aliphatic hydroxyl groups is 1. The molecule has 1 atom stereocenters. The monoisotopic (exact) mass is 432 g/mol. The van der Waals surface area contributed by atoms with Gasteiger partial charge >= 0.3 is 0 Å². The lowest BCUT2D eigenvalue weighted by Gasteiger charge is -2.40. The number of likely N-dealkylation sites (tertiary alicyclic amines) is 1. The molecule has 1 aliphatic carbocycles. The van der Waals surface area contributed by atoms with E-state index < -0.39 is 18.1 Å². The minimum Gasteiger partial charge on any atom is -0.356 e. The molecule has 2 heterocycles. The zero-order chi connectivity index (χ0) is 22.2. The summed E-state index contributed by atoms with van der Waals surface area (Å²) in [5.74, 6) is -0.759. The Hall–Kier alpha value is -2.19. The Morgan fingerprint density at radius 3 is 2.55 bits per heavy atom. The van der Waals surface area contributed by atoms with Gasteiger partial charge in [0.1, 0.15) is 5.82 Å². The first-order valence-corrected chi connectivity index (χ1v) is 11.4. The van der Waals surface area contributed by atoms with Crippen LogP contribution in [0.2, 0.25) is 0 Å². The Kier molecular flexibility index (Phi) is 6.21.